The van der Waals surface area contributed by atoms with Crippen LogP contribution in [0.5, 0.6) is 0 Å². The quantitative estimate of drug-likeness (QED) is 0.888. The van der Waals surface area contributed by atoms with Gasteiger partial charge in [0.25, 0.3) is 0 Å². The molecule has 1 aromatic carbocycles. The van der Waals surface area contributed by atoms with Gasteiger partial charge in [0, 0.05) is 0 Å². The van der Waals surface area contributed by atoms with Crippen LogP contribution >= 0.6 is 0 Å². The highest BCUT2D eigenvalue weighted by molar-refractivity contribution is 5.74. The highest BCUT2D eigenvalue weighted by Crippen LogP contribution is 2.21. The number of benzene rings is 1. The molecule has 0 spiro atoms. The second-order valence-electron chi connectivity index (χ2n) is 5.55. The maximum Gasteiger partial charge on any atom is 0.121 e. The van der Waals surface area contributed by atoms with Crippen LogP contribution in [0.15, 0.2) is 24.3 Å². The fraction of sp³-hybridized carbons (Fsp3) is 0.533. The Balaban J connectivity index is 1.63. The molecule has 0 saturated carbocycles. The number of aliphatic hydroxyl groups excluding tert-OH is 1. The Morgan fingerprint density at radius 2 is 2.11 bits per heavy atom. The number of aromatic amines is 1. The summed E-state index contributed by atoms with van der Waals surface area (Å²) in [6.45, 7) is 4.88. The first-order valence-electron chi connectivity index (χ1n) is 7.06. The minimum atomic E-state index is -0.173. The van der Waals surface area contributed by atoms with Crippen LogP contribution in [-0.2, 0) is 6.54 Å². The summed E-state index contributed by atoms with van der Waals surface area (Å²) >= 11 is 0. The molecule has 0 bridgehead atoms. The van der Waals surface area contributed by atoms with Gasteiger partial charge in [-0.1, -0.05) is 12.1 Å². The first kappa shape index (κ1) is 12.6. The Labute approximate surface area is 113 Å². The largest absolute Gasteiger partial charge is 0.393 e. The third-order valence-corrected chi connectivity index (χ3v) is 4.13. The highest BCUT2D eigenvalue weighted by atomic mass is 16.3. The Bertz CT molecular complexity index is 508. The van der Waals surface area contributed by atoms with Crippen LogP contribution in [0.25, 0.3) is 11.0 Å². The zero-order valence-corrected chi connectivity index (χ0v) is 11.3. The van der Waals surface area contributed by atoms with Gasteiger partial charge in [-0.25, -0.2) is 4.98 Å². The van der Waals surface area contributed by atoms with Gasteiger partial charge >= 0.3 is 0 Å². The number of hydrogen-bond acceptors (Lipinski definition) is 3. The second-order valence-corrected chi connectivity index (χ2v) is 5.55. The molecule has 19 heavy (non-hydrogen) atoms. The first-order chi connectivity index (χ1) is 9.22. The molecule has 4 heteroatoms. The molecule has 2 N–H and O–H groups in total. The van der Waals surface area contributed by atoms with Gasteiger partial charge in [0.2, 0.25) is 0 Å². The highest BCUT2D eigenvalue weighted by Gasteiger charge is 2.23. The number of fused-ring (bicyclic) bond motifs is 1. The number of H-pyrrole nitrogens is 1. The van der Waals surface area contributed by atoms with Gasteiger partial charge in [-0.05, 0) is 50.9 Å². The monoisotopic (exact) mass is 259 g/mol. The van der Waals surface area contributed by atoms with E-state index in [-0.39, 0.29) is 6.10 Å². The fourth-order valence-electron chi connectivity index (χ4n) is 2.89. The smallest absolute Gasteiger partial charge is 0.121 e. The van der Waals surface area contributed by atoms with E-state index in [0.29, 0.717) is 5.92 Å². The van der Waals surface area contributed by atoms with E-state index < -0.39 is 0 Å². The maximum atomic E-state index is 9.61. The number of aromatic nitrogens is 2. The number of para-hydroxylation sites is 2. The molecule has 1 aliphatic heterocycles. The summed E-state index contributed by atoms with van der Waals surface area (Å²) in [7, 11) is 0. The standard InChI is InChI=1S/C15H21N3O/c1-11(19)12-6-8-18(9-7-12)10-15-16-13-4-2-3-5-14(13)17-15/h2-5,11-12,19H,6-10H2,1H3,(H,16,17). The zero-order valence-electron chi connectivity index (χ0n) is 11.3. The third kappa shape index (κ3) is 2.80. The van der Waals surface area contributed by atoms with Crippen LogP contribution < -0.4 is 0 Å². The summed E-state index contributed by atoms with van der Waals surface area (Å²) in [5.41, 5.74) is 2.15. The lowest BCUT2D eigenvalue weighted by Crippen LogP contribution is -2.36. The Morgan fingerprint density at radius 3 is 2.79 bits per heavy atom. The summed E-state index contributed by atoms with van der Waals surface area (Å²) in [6.07, 6.45) is 1.99. The summed E-state index contributed by atoms with van der Waals surface area (Å²) in [5.74, 6) is 1.50. The van der Waals surface area contributed by atoms with Crippen LogP contribution in [0, 0.1) is 5.92 Å². The maximum absolute atomic E-state index is 9.61. The van der Waals surface area contributed by atoms with Gasteiger partial charge < -0.3 is 10.1 Å². The molecule has 102 valence electrons. The minimum Gasteiger partial charge on any atom is -0.393 e. The lowest BCUT2D eigenvalue weighted by molar-refractivity contribution is 0.0688. The number of nitrogens with one attached hydrogen (secondary N) is 1. The molecule has 1 fully saturated rings. The second kappa shape index (κ2) is 5.31. The van der Waals surface area contributed by atoms with Crippen molar-refractivity contribution in [3.05, 3.63) is 30.1 Å². The summed E-state index contributed by atoms with van der Waals surface area (Å²) in [5, 5.41) is 9.61. The van der Waals surface area contributed by atoms with Gasteiger partial charge in [0.15, 0.2) is 0 Å². The van der Waals surface area contributed by atoms with Crippen molar-refractivity contribution in [3.63, 3.8) is 0 Å². The molecule has 1 saturated heterocycles. The van der Waals surface area contributed by atoms with Crippen LogP contribution in [0.1, 0.15) is 25.6 Å². The number of rotatable bonds is 3. The predicted molar refractivity (Wildman–Crippen MR) is 75.8 cm³/mol. The average Bonchev–Trinajstić information content (AvgIpc) is 2.81. The topological polar surface area (TPSA) is 52.1 Å². The molecule has 0 aliphatic carbocycles. The van der Waals surface area contributed by atoms with Gasteiger partial charge in [-0.2, -0.15) is 0 Å². The third-order valence-electron chi connectivity index (χ3n) is 4.13. The van der Waals surface area contributed by atoms with Gasteiger partial charge in [-0.15, -0.1) is 0 Å². The van der Waals surface area contributed by atoms with Crippen molar-refractivity contribution in [3.8, 4) is 0 Å². The molecule has 0 amide bonds. The molecule has 1 aromatic heterocycles. The molecule has 3 rings (SSSR count). The van der Waals surface area contributed by atoms with Crippen molar-refractivity contribution in [1.82, 2.24) is 14.9 Å². The van der Waals surface area contributed by atoms with Crippen molar-refractivity contribution >= 4 is 11.0 Å². The van der Waals surface area contributed by atoms with E-state index in [1.165, 1.54) is 0 Å². The van der Waals surface area contributed by atoms with Crippen molar-refractivity contribution in [2.24, 2.45) is 5.92 Å². The molecular formula is C15H21N3O. The van der Waals surface area contributed by atoms with Crippen LogP contribution in [-0.4, -0.2) is 39.2 Å². The van der Waals surface area contributed by atoms with E-state index in [0.717, 1.165) is 49.3 Å². The molecule has 2 heterocycles. The van der Waals surface area contributed by atoms with E-state index in [2.05, 4.69) is 20.9 Å². The molecular weight excluding hydrogens is 238 g/mol. The Kier molecular flexibility index (Phi) is 3.53. The molecule has 4 nitrogen and oxygen atoms in total. The molecule has 1 unspecified atom stereocenters. The van der Waals surface area contributed by atoms with Crippen molar-refractivity contribution in [2.75, 3.05) is 13.1 Å². The average molecular weight is 259 g/mol. The van der Waals surface area contributed by atoms with E-state index in [1.807, 2.05) is 25.1 Å². The van der Waals surface area contributed by atoms with E-state index >= 15 is 0 Å². The van der Waals surface area contributed by atoms with Crippen LogP contribution in [0.2, 0.25) is 0 Å². The number of aliphatic hydroxyl groups is 1. The Morgan fingerprint density at radius 1 is 1.37 bits per heavy atom. The Hall–Kier alpha value is -1.39. The van der Waals surface area contributed by atoms with Crippen molar-refractivity contribution in [2.45, 2.75) is 32.4 Å². The zero-order chi connectivity index (χ0) is 13.2. The number of hydrogen-bond donors (Lipinski definition) is 2. The molecule has 0 radical (unpaired) electrons. The first-order valence-corrected chi connectivity index (χ1v) is 7.06. The van der Waals surface area contributed by atoms with E-state index in [1.54, 1.807) is 0 Å². The van der Waals surface area contributed by atoms with Gasteiger partial charge in [-0.3, -0.25) is 4.90 Å². The van der Waals surface area contributed by atoms with Gasteiger partial charge in [0.1, 0.15) is 5.82 Å². The fourth-order valence-corrected chi connectivity index (χ4v) is 2.89. The summed E-state index contributed by atoms with van der Waals surface area (Å²) in [4.78, 5) is 10.4. The predicted octanol–water partition coefficient (Wildman–Crippen LogP) is 2.16. The number of imidazole rings is 1. The van der Waals surface area contributed by atoms with E-state index in [9.17, 15) is 5.11 Å². The SMILES string of the molecule is CC(O)C1CCN(Cc2nc3ccccc3[nH]2)CC1. The van der Waals surface area contributed by atoms with Crippen LogP contribution in [0.4, 0.5) is 0 Å². The minimum absolute atomic E-state index is 0.173. The number of piperidine rings is 1. The van der Waals surface area contributed by atoms with Crippen molar-refractivity contribution < 1.29 is 5.11 Å². The van der Waals surface area contributed by atoms with Crippen LogP contribution in [0.3, 0.4) is 0 Å². The van der Waals surface area contributed by atoms with Crippen molar-refractivity contribution in [1.29, 1.82) is 0 Å². The van der Waals surface area contributed by atoms with Gasteiger partial charge in [0.05, 0.1) is 23.7 Å². The molecule has 1 aliphatic rings. The lowest BCUT2D eigenvalue weighted by Gasteiger charge is -2.32. The molecule has 1 atom stereocenters. The summed E-state index contributed by atoms with van der Waals surface area (Å²) in [6, 6.07) is 8.14. The molecule has 2 aromatic rings. The summed E-state index contributed by atoms with van der Waals surface area (Å²) < 4.78 is 0. The van der Waals surface area contributed by atoms with E-state index in [4.69, 9.17) is 0 Å². The normalized spacial score (nSPS) is 19.9. The lowest BCUT2D eigenvalue weighted by atomic mass is 9.92. The number of likely N-dealkylation sites (tertiary alicyclic amines) is 1. The number of nitrogens with zero attached hydrogens (tertiary/aromatic N) is 2.